The van der Waals surface area contributed by atoms with Crippen molar-refractivity contribution in [2.45, 2.75) is 66.5 Å². The zero-order valence-corrected chi connectivity index (χ0v) is 14.4. The summed E-state index contributed by atoms with van der Waals surface area (Å²) >= 11 is 0. The second-order valence-corrected chi connectivity index (χ2v) is 6.84. The second kappa shape index (κ2) is 7.26. The largest absolute Gasteiger partial charge is 0.353 e. The first-order valence-corrected chi connectivity index (χ1v) is 8.47. The number of rotatable bonds is 8. The number of pyridine rings is 1. The van der Waals surface area contributed by atoms with Crippen LogP contribution in [-0.2, 0) is 6.54 Å². The lowest BCUT2D eigenvalue weighted by molar-refractivity contribution is 0.596. The summed E-state index contributed by atoms with van der Waals surface area (Å²) in [4.78, 5) is 7.48. The van der Waals surface area contributed by atoms with Crippen molar-refractivity contribution < 1.29 is 0 Å². The van der Waals surface area contributed by atoms with E-state index in [1.165, 1.54) is 36.2 Å². The Morgan fingerprint density at radius 2 is 2.05 bits per heavy atom. The molecule has 1 aromatic heterocycles. The van der Waals surface area contributed by atoms with Crippen molar-refractivity contribution >= 4 is 5.82 Å². The van der Waals surface area contributed by atoms with E-state index < -0.39 is 0 Å². The van der Waals surface area contributed by atoms with Crippen LogP contribution < -0.4 is 10.2 Å². The van der Waals surface area contributed by atoms with Gasteiger partial charge in [0.05, 0.1) is 0 Å². The summed E-state index contributed by atoms with van der Waals surface area (Å²) in [7, 11) is 0. The predicted octanol–water partition coefficient (Wildman–Crippen LogP) is 3.82. The fraction of sp³-hybridized carbons (Fsp3) is 0.722. The number of nitrogens with zero attached hydrogens (tertiary/aromatic N) is 2. The van der Waals surface area contributed by atoms with E-state index in [9.17, 15) is 0 Å². The molecule has 0 saturated heterocycles. The van der Waals surface area contributed by atoms with Crippen LogP contribution in [0.4, 0.5) is 5.82 Å². The molecule has 0 atom stereocenters. The Morgan fingerprint density at radius 3 is 2.62 bits per heavy atom. The zero-order valence-electron chi connectivity index (χ0n) is 14.4. The van der Waals surface area contributed by atoms with Gasteiger partial charge >= 0.3 is 0 Å². The molecule has 3 nitrogen and oxygen atoms in total. The fourth-order valence-corrected chi connectivity index (χ4v) is 2.88. The molecule has 0 aliphatic heterocycles. The van der Waals surface area contributed by atoms with Crippen molar-refractivity contribution in [2.24, 2.45) is 5.92 Å². The van der Waals surface area contributed by atoms with Crippen LogP contribution in [0.25, 0.3) is 0 Å². The summed E-state index contributed by atoms with van der Waals surface area (Å²) in [5.74, 6) is 1.90. The minimum Gasteiger partial charge on any atom is -0.353 e. The predicted molar refractivity (Wildman–Crippen MR) is 90.9 cm³/mol. The molecule has 0 amide bonds. The molecule has 1 aromatic rings. The van der Waals surface area contributed by atoms with Crippen LogP contribution in [0, 0.1) is 19.8 Å². The topological polar surface area (TPSA) is 28.2 Å². The third kappa shape index (κ3) is 4.44. The average Bonchev–Trinajstić information content (AvgIpc) is 3.22. The summed E-state index contributed by atoms with van der Waals surface area (Å²) < 4.78 is 0. The van der Waals surface area contributed by atoms with E-state index in [0.29, 0.717) is 12.0 Å². The van der Waals surface area contributed by atoms with Crippen molar-refractivity contribution in [3.05, 3.63) is 22.9 Å². The van der Waals surface area contributed by atoms with Gasteiger partial charge in [0.1, 0.15) is 5.82 Å². The van der Waals surface area contributed by atoms with Crippen LogP contribution in [0.3, 0.4) is 0 Å². The number of hydrogen-bond donors (Lipinski definition) is 1. The Bertz CT molecular complexity index is 464. The highest BCUT2D eigenvalue weighted by atomic mass is 15.2. The van der Waals surface area contributed by atoms with Gasteiger partial charge in [-0.1, -0.05) is 20.8 Å². The van der Waals surface area contributed by atoms with Gasteiger partial charge in [-0.05, 0) is 57.2 Å². The first-order valence-electron chi connectivity index (χ1n) is 8.47. The molecule has 1 aliphatic rings. The van der Waals surface area contributed by atoms with E-state index in [1.807, 2.05) is 0 Å². The molecule has 0 aromatic carbocycles. The Balaban J connectivity index is 2.29. The van der Waals surface area contributed by atoms with Crippen LogP contribution in [0.1, 0.15) is 56.9 Å². The maximum Gasteiger partial charge on any atom is 0.133 e. The van der Waals surface area contributed by atoms with Crippen LogP contribution in [0.2, 0.25) is 0 Å². The normalized spacial score (nSPS) is 14.8. The van der Waals surface area contributed by atoms with Crippen LogP contribution in [0.5, 0.6) is 0 Å². The number of hydrogen-bond acceptors (Lipinski definition) is 3. The van der Waals surface area contributed by atoms with Gasteiger partial charge in [-0.2, -0.15) is 0 Å². The van der Waals surface area contributed by atoms with E-state index in [2.05, 4.69) is 50.9 Å². The molecule has 2 rings (SSSR count). The molecule has 21 heavy (non-hydrogen) atoms. The molecule has 0 unspecified atom stereocenters. The molecule has 1 heterocycles. The van der Waals surface area contributed by atoms with E-state index in [1.54, 1.807) is 0 Å². The standard InChI is InChI=1S/C18H31N3/c1-6-9-19-11-17-14(4)10-15(5)20-18(17)21(12-13(2)3)16-7-8-16/h10,13,16,19H,6-9,11-12H2,1-5H3. The quantitative estimate of drug-likeness (QED) is 0.737. The van der Waals surface area contributed by atoms with Crippen molar-refractivity contribution in [1.82, 2.24) is 10.3 Å². The molecular formula is C18H31N3. The first kappa shape index (κ1) is 16.3. The molecule has 1 aliphatic carbocycles. The second-order valence-electron chi connectivity index (χ2n) is 6.84. The van der Waals surface area contributed by atoms with Crippen molar-refractivity contribution in [2.75, 3.05) is 18.0 Å². The summed E-state index contributed by atoms with van der Waals surface area (Å²) in [5, 5.41) is 3.55. The number of nitrogens with one attached hydrogen (secondary N) is 1. The maximum atomic E-state index is 4.91. The summed E-state index contributed by atoms with van der Waals surface area (Å²) in [6.07, 6.45) is 3.82. The lowest BCUT2D eigenvalue weighted by Crippen LogP contribution is -2.32. The molecule has 1 fully saturated rings. The van der Waals surface area contributed by atoms with Crippen LogP contribution >= 0.6 is 0 Å². The van der Waals surface area contributed by atoms with Crippen LogP contribution in [-0.4, -0.2) is 24.1 Å². The monoisotopic (exact) mass is 289 g/mol. The number of aromatic nitrogens is 1. The highest BCUT2D eigenvalue weighted by Crippen LogP contribution is 2.34. The van der Waals surface area contributed by atoms with Gasteiger partial charge in [0.2, 0.25) is 0 Å². The fourth-order valence-electron chi connectivity index (χ4n) is 2.88. The highest BCUT2D eigenvalue weighted by Gasteiger charge is 2.32. The Morgan fingerprint density at radius 1 is 1.33 bits per heavy atom. The Labute approximate surface area is 130 Å². The summed E-state index contributed by atoms with van der Waals surface area (Å²) in [6, 6.07) is 2.93. The lowest BCUT2D eigenvalue weighted by Gasteiger charge is -2.29. The van der Waals surface area contributed by atoms with Gasteiger partial charge in [-0.3, -0.25) is 0 Å². The smallest absolute Gasteiger partial charge is 0.133 e. The maximum absolute atomic E-state index is 4.91. The van der Waals surface area contributed by atoms with E-state index in [4.69, 9.17) is 4.98 Å². The third-order valence-electron chi connectivity index (χ3n) is 4.00. The van der Waals surface area contributed by atoms with Crippen molar-refractivity contribution in [3.63, 3.8) is 0 Å². The minimum absolute atomic E-state index is 0.671. The summed E-state index contributed by atoms with van der Waals surface area (Å²) in [6.45, 7) is 14.3. The number of anilines is 1. The Hall–Kier alpha value is -1.09. The highest BCUT2D eigenvalue weighted by molar-refractivity contribution is 5.53. The molecule has 3 heteroatoms. The van der Waals surface area contributed by atoms with E-state index >= 15 is 0 Å². The molecule has 118 valence electrons. The Kier molecular flexibility index (Phi) is 5.63. The molecule has 1 N–H and O–H groups in total. The third-order valence-corrected chi connectivity index (χ3v) is 4.00. The van der Waals surface area contributed by atoms with Crippen molar-refractivity contribution in [1.29, 1.82) is 0 Å². The van der Waals surface area contributed by atoms with Gasteiger partial charge in [0.15, 0.2) is 0 Å². The van der Waals surface area contributed by atoms with Crippen molar-refractivity contribution in [3.8, 4) is 0 Å². The molecule has 0 spiro atoms. The van der Waals surface area contributed by atoms with Gasteiger partial charge in [0.25, 0.3) is 0 Å². The zero-order chi connectivity index (χ0) is 15.4. The SMILES string of the molecule is CCCNCc1c(C)cc(C)nc1N(CC(C)C)C1CC1. The number of aryl methyl sites for hydroxylation is 2. The van der Waals surface area contributed by atoms with Crippen LogP contribution in [0.15, 0.2) is 6.07 Å². The van der Waals surface area contributed by atoms with E-state index in [-0.39, 0.29) is 0 Å². The van der Waals surface area contributed by atoms with E-state index in [0.717, 1.165) is 25.3 Å². The van der Waals surface area contributed by atoms with Gasteiger partial charge < -0.3 is 10.2 Å². The summed E-state index contributed by atoms with van der Waals surface area (Å²) in [5.41, 5.74) is 3.90. The molecule has 0 bridgehead atoms. The lowest BCUT2D eigenvalue weighted by atomic mass is 10.1. The van der Waals surface area contributed by atoms with Gasteiger partial charge in [-0.15, -0.1) is 0 Å². The minimum atomic E-state index is 0.671. The molecule has 0 radical (unpaired) electrons. The van der Waals surface area contributed by atoms with Gasteiger partial charge in [0, 0.05) is 30.4 Å². The van der Waals surface area contributed by atoms with Gasteiger partial charge in [-0.25, -0.2) is 4.98 Å². The first-order chi connectivity index (χ1) is 10.0. The average molecular weight is 289 g/mol. The molecule has 1 saturated carbocycles. The molecular weight excluding hydrogens is 258 g/mol.